The number of benzene rings is 1. The van der Waals surface area contributed by atoms with Gasteiger partial charge in [0.05, 0.1) is 31.0 Å². The van der Waals surface area contributed by atoms with Crippen LogP contribution >= 0.6 is 27.7 Å². The Morgan fingerprint density at radius 3 is 2.90 bits per heavy atom. The van der Waals surface area contributed by atoms with Crippen molar-refractivity contribution in [3.8, 4) is 0 Å². The highest BCUT2D eigenvalue weighted by atomic mass is 79.9. The maximum absolute atomic E-state index is 11.8. The Kier molecular flexibility index (Phi) is 5.29. The molecule has 1 aliphatic heterocycles. The molecule has 20 heavy (non-hydrogen) atoms. The largest absolute Gasteiger partial charge is 0.465 e. The molecule has 0 saturated carbocycles. The molecular weight excluding hydrogens is 346 g/mol. The van der Waals surface area contributed by atoms with Crippen molar-refractivity contribution >= 4 is 39.4 Å². The molecule has 3 atom stereocenters. The minimum atomic E-state index is -0.388. The molecule has 0 spiro atoms. The maximum atomic E-state index is 11.8. The van der Waals surface area contributed by atoms with Crippen LogP contribution in [0.5, 0.6) is 0 Å². The van der Waals surface area contributed by atoms with Gasteiger partial charge in [-0.1, -0.05) is 35.0 Å². The molecule has 0 aromatic heterocycles. The summed E-state index contributed by atoms with van der Waals surface area (Å²) >= 11 is 9.96. The molecule has 1 fully saturated rings. The smallest absolute Gasteiger partial charge is 0.340 e. The number of para-hydroxylation sites is 1. The van der Waals surface area contributed by atoms with E-state index in [2.05, 4.69) is 22.9 Å². The van der Waals surface area contributed by atoms with E-state index in [9.17, 15) is 4.79 Å². The summed E-state index contributed by atoms with van der Waals surface area (Å²) < 4.78 is 12.0. The molecule has 4 nitrogen and oxygen atoms in total. The molecule has 0 aliphatic carbocycles. The monoisotopic (exact) mass is 361 g/mol. The molecule has 0 N–H and O–H groups in total. The number of ether oxygens (including phenoxy) is 2. The van der Waals surface area contributed by atoms with Crippen molar-refractivity contribution in [2.75, 3.05) is 18.1 Å². The van der Waals surface area contributed by atoms with Gasteiger partial charge in [0, 0.05) is 24.1 Å². The normalized spacial score (nSPS) is 26.1. The number of halogens is 2. The number of alkyl halides is 1. The van der Waals surface area contributed by atoms with E-state index in [-0.39, 0.29) is 22.9 Å². The second kappa shape index (κ2) is 6.78. The van der Waals surface area contributed by atoms with Gasteiger partial charge in [-0.15, -0.1) is 0 Å². The molecule has 0 bridgehead atoms. The highest BCUT2D eigenvalue weighted by Gasteiger charge is 2.33. The molecule has 1 aromatic carbocycles. The fourth-order valence-electron chi connectivity index (χ4n) is 2.29. The number of rotatable bonds is 3. The van der Waals surface area contributed by atoms with Gasteiger partial charge in [0.1, 0.15) is 5.01 Å². The van der Waals surface area contributed by atoms with Crippen molar-refractivity contribution < 1.29 is 14.3 Å². The number of anilines is 1. The van der Waals surface area contributed by atoms with Gasteiger partial charge >= 0.3 is 5.97 Å². The third kappa shape index (κ3) is 3.27. The predicted molar refractivity (Wildman–Crippen MR) is 82.3 cm³/mol. The molecular formula is C14H17BrClNO3. The zero-order chi connectivity index (χ0) is 14.7. The number of esters is 1. The predicted octanol–water partition coefficient (Wildman–Crippen LogP) is 3.58. The third-order valence-electron chi connectivity index (χ3n) is 3.45. The van der Waals surface area contributed by atoms with E-state index in [0.29, 0.717) is 17.9 Å². The fraction of sp³-hybridized carbons (Fsp3) is 0.500. The zero-order valence-corrected chi connectivity index (χ0v) is 13.7. The van der Waals surface area contributed by atoms with Crippen LogP contribution in [-0.2, 0) is 9.47 Å². The molecule has 110 valence electrons. The Hall–Kier alpha value is -0.780. The molecule has 1 saturated heterocycles. The second-order valence-corrected chi connectivity index (χ2v) is 6.23. The SMILES string of the molecule is COC(=O)c1ccccc1N(Cl)C1CC(Br)OCC1C. The van der Waals surface area contributed by atoms with E-state index in [4.69, 9.17) is 21.3 Å². The number of nitrogens with zero attached hydrogens (tertiary/aromatic N) is 1. The van der Waals surface area contributed by atoms with Crippen molar-refractivity contribution in [2.24, 2.45) is 5.92 Å². The summed E-state index contributed by atoms with van der Waals surface area (Å²) in [7, 11) is 1.36. The topological polar surface area (TPSA) is 38.8 Å². The molecule has 3 unspecified atom stereocenters. The van der Waals surface area contributed by atoms with E-state index >= 15 is 0 Å². The van der Waals surface area contributed by atoms with Crippen molar-refractivity contribution in [3.63, 3.8) is 0 Å². The molecule has 6 heteroatoms. The standard InChI is InChI=1S/C14H17BrClNO3/c1-9-8-20-13(15)7-12(9)17(16)11-6-4-3-5-10(11)14(18)19-2/h3-6,9,12-13H,7-8H2,1-2H3. The number of carbonyl (C=O) groups excluding carboxylic acids is 1. The van der Waals surface area contributed by atoms with Crippen molar-refractivity contribution in [1.29, 1.82) is 0 Å². The van der Waals surface area contributed by atoms with Gasteiger partial charge < -0.3 is 9.47 Å². The highest BCUT2D eigenvalue weighted by molar-refractivity contribution is 9.09. The Morgan fingerprint density at radius 1 is 1.50 bits per heavy atom. The summed E-state index contributed by atoms with van der Waals surface area (Å²) in [4.78, 5) is 11.8. The van der Waals surface area contributed by atoms with Crippen LogP contribution in [0.4, 0.5) is 5.69 Å². The second-order valence-electron chi connectivity index (χ2n) is 4.84. The Balaban J connectivity index is 2.28. The Bertz CT molecular complexity index is 485. The van der Waals surface area contributed by atoms with Gasteiger partial charge in [-0.2, -0.15) is 0 Å². The number of methoxy groups -OCH3 is 1. The van der Waals surface area contributed by atoms with Crippen LogP contribution in [0.2, 0.25) is 0 Å². The van der Waals surface area contributed by atoms with E-state index in [1.165, 1.54) is 7.11 Å². The lowest BCUT2D eigenvalue weighted by Gasteiger charge is -2.37. The Labute approximate surface area is 132 Å². The van der Waals surface area contributed by atoms with Gasteiger partial charge in [0.25, 0.3) is 0 Å². The molecule has 1 heterocycles. The highest BCUT2D eigenvalue weighted by Crippen LogP contribution is 2.33. The molecule has 1 aliphatic rings. The number of hydrogen-bond acceptors (Lipinski definition) is 4. The first kappa shape index (κ1) is 15.6. The quantitative estimate of drug-likeness (QED) is 0.468. The molecule has 0 amide bonds. The lowest BCUT2D eigenvalue weighted by Crippen LogP contribution is -2.42. The van der Waals surface area contributed by atoms with Gasteiger partial charge in [-0.25, -0.2) is 4.79 Å². The maximum Gasteiger partial charge on any atom is 0.340 e. The van der Waals surface area contributed by atoms with Gasteiger partial charge in [0.2, 0.25) is 0 Å². The van der Waals surface area contributed by atoms with E-state index < -0.39 is 0 Å². The summed E-state index contributed by atoms with van der Waals surface area (Å²) in [5.41, 5.74) is 1.13. The Morgan fingerprint density at radius 2 is 2.20 bits per heavy atom. The van der Waals surface area contributed by atoms with Crippen LogP contribution in [0, 0.1) is 5.92 Å². The van der Waals surface area contributed by atoms with Crippen LogP contribution in [0.15, 0.2) is 24.3 Å². The van der Waals surface area contributed by atoms with Crippen LogP contribution in [-0.4, -0.2) is 30.7 Å². The lowest BCUT2D eigenvalue weighted by molar-refractivity contribution is 0.0332. The van der Waals surface area contributed by atoms with Crippen molar-refractivity contribution in [2.45, 2.75) is 24.4 Å². The number of hydrogen-bond donors (Lipinski definition) is 0. The van der Waals surface area contributed by atoms with Gasteiger partial charge in [0.15, 0.2) is 0 Å². The first-order valence-electron chi connectivity index (χ1n) is 6.42. The van der Waals surface area contributed by atoms with E-state index in [1.54, 1.807) is 16.6 Å². The van der Waals surface area contributed by atoms with Gasteiger partial charge in [-0.3, -0.25) is 4.42 Å². The first-order chi connectivity index (χ1) is 9.54. The zero-order valence-electron chi connectivity index (χ0n) is 11.4. The van der Waals surface area contributed by atoms with E-state index in [1.807, 2.05) is 12.1 Å². The minimum Gasteiger partial charge on any atom is -0.465 e. The van der Waals surface area contributed by atoms with Crippen molar-refractivity contribution in [1.82, 2.24) is 0 Å². The summed E-state index contributed by atoms with van der Waals surface area (Å²) in [5, 5.41) is -0.0183. The van der Waals surface area contributed by atoms with Gasteiger partial charge in [-0.05, 0) is 12.1 Å². The van der Waals surface area contributed by atoms with E-state index in [0.717, 1.165) is 6.42 Å². The summed E-state index contributed by atoms with van der Waals surface area (Å²) in [6, 6.07) is 7.27. The van der Waals surface area contributed by atoms with Crippen LogP contribution in [0.25, 0.3) is 0 Å². The average Bonchev–Trinajstić information content (AvgIpc) is 2.48. The summed E-state index contributed by atoms with van der Waals surface area (Å²) in [5.74, 6) is -0.117. The average molecular weight is 363 g/mol. The fourth-order valence-corrected chi connectivity index (χ4v) is 3.25. The minimum absolute atomic E-state index is 0.0183. The van der Waals surface area contributed by atoms with Crippen LogP contribution < -0.4 is 4.42 Å². The summed E-state index contributed by atoms with van der Waals surface area (Å²) in [6.45, 7) is 2.71. The lowest BCUT2D eigenvalue weighted by atomic mass is 9.97. The molecule has 1 aromatic rings. The van der Waals surface area contributed by atoms with Crippen LogP contribution in [0.1, 0.15) is 23.7 Å². The molecule has 0 radical (unpaired) electrons. The van der Waals surface area contributed by atoms with Crippen molar-refractivity contribution in [3.05, 3.63) is 29.8 Å². The number of carbonyl (C=O) groups is 1. The third-order valence-corrected chi connectivity index (χ3v) is 4.53. The first-order valence-corrected chi connectivity index (χ1v) is 7.68. The van der Waals surface area contributed by atoms with Crippen LogP contribution in [0.3, 0.4) is 0 Å². The molecule has 2 rings (SSSR count). The summed E-state index contributed by atoms with van der Waals surface area (Å²) in [6.07, 6.45) is 0.750.